The van der Waals surface area contributed by atoms with Crippen LogP contribution in [0.1, 0.15) is 104 Å². The Kier molecular flexibility index (Phi) is 27.8. The summed E-state index contributed by atoms with van der Waals surface area (Å²) in [5, 5.41) is 25.5. The minimum Gasteiger partial charge on any atom is -0.395 e. The van der Waals surface area contributed by atoms with Gasteiger partial charge >= 0.3 is 10.4 Å². The summed E-state index contributed by atoms with van der Waals surface area (Å²) < 4.78 is 34.9. The fourth-order valence-corrected chi connectivity index (χ4v) is 4.04. The first-order chi connectivity index (χ1) is 15.8. The number of unbranched alkanes of at least 4 members (excludes halogenated alkanes) is 10. The van der Waals surface area contributed by atoms with Crippen LogP contribution in [0.3, 0.4) is 0 Å². The molecule has 0 aliphatic carbocycles. The molecule has 202 valence electrons. The number of hydrogen-bond donors (Lipinski definition) is 4. The van der Waals surface area contributed by atoms with E-state index < -0.39 is 10.4 Å². The molecule has 0 radical (unpaired) electrons. The van der Waals surface area contributed by atoms with E-state index in [1.54, 1.807) is 4.90 Å². The molecule has 0 aromatic carbocycles. The maximum Gasteiger partial charge on any atom is 0.397 e. The first-order valence-electron chi connectivity index (χ1n) is 13.0. The lowest BCUT2D eigenvalue weighted by molar-refractivity contribution is 0.136. The van der Waals surface area contributed by atoms with Gasteiger partial charge in [-0.3, -0.25) is 9.45 Å². The minimum absolute atomic E-state index is 0.0694. The molecule has 1 atom stereocenters. The van der Waals surface area contributed by atoms with E-state index in [0.29, 0.717) is 19.6 Å². The SMILES string of the molecule is CCCCCCCCCC(CCCCCCC)COS(=O)(=O)O.OCCN(CCO)CCO. The summed E-state index contributed by atoms with van der Waals surface area (Å²) in [5.74, 6) is 0.245. The summed E-state index contributed by atoms with van der Waals surface area (Å²) in [5.41, 5.74) is 0. The van der Waals surface area contributed by atoms with E-state index in [9.17, 15) is 8.42 Å². The largest absolute Gasteiger partial charge is 0.397 e. The van der Waals surface area contributed by atoms with Gasteiger partial charge in [0.25, 0.3) is 0 Å². The Balaban J connectivity index is 0. The van der Waals surface area contributed by atoms with Crippen LogP contribution in [0.15, 0.2) is 0 Å². The Morgan fingerprint density at radius 1 is 0.667 bits per heavy atom. The molecule has 0 aromatic heterocycles. The van der Waals surface area contributed by atoms with Crippen LogP contribution in [0.4, 0.5) is 0 Å². The maximum atomic E-state index is 10.8. The van der Waals surface area contributed by atoms with Crippen molar-refractivity contribution in [1.82, 2.24) is 4.90 Å². The summed E-state index contributed by atoms with van der Waals surface area (Å²) in [6.45, 7) is 6.30. The van der Waals surface area contributed by atoms with Crippen molar-refractivity contribution in [3.63, 3.8) is 0 Å². The van der Waals surface area contributed by atoms with Gasteiger partial charge in [0.15, 0.2) is 0 Å². The molecule has 0 spiro atoms. The van der Waals surface area contributed by atoms with E-state index >= 15 is 0 Å². The second-order valence-corrected chi connectivity index (χ2v) is 9.79. The van der Waals surface area contributed by atoms with Crippen molar-refractivity contribution >= 4 is 10.4 Å². The molecule has 0 saturated heterocycles. The van der Waals surface area contributed by atoms with Gasteiger partial charge in [0.05, 0.1) is 26.4 Å². The lowest BCUT2D eigenvalue weighted by atomic mass is 9.95. The predicted octanol–water partition coefficient (Wildman–Crippen LogP) is 4.19. The van der Waals surface area contributed by atoms with E-state index in [2.05, 4.69) is 18.0 Å². The number of hydrogen-bond acceptors (Lipinski definition) is 7. The van der Waals surface area contributed by atoms with Gasteiger partial charge in [0.2, 0.25) is 0 Å². The lowest BCUT2D eigenvalue weighted by Crippen LogP contribution is -2.32. The zero-order chi connectivity index (χ0) is 25.2. The Labute approximate surface area is 203 Å². The summed E-state index contributed by atoms with van der Waals surface area (Å²) in [4.78, 5) is 1.79. The molecule has 0 fully saturated rings. The van der Waals surface area contributed by atoms with Crippen molar-refractivity contribution in [3.05, 3.63) is 0 Å². The van der Waals surface area contributed by atoms with Crippen LogP contribution < -0.4 is 0 Å². The predicted molar refractivity (Wildman–Crippen MR) is 135 cm³/mol. The average Bonchev–Trinajstić information content (AvgIpc) is 2.76. The van der Waals surface area contributed by atoms with E-state index in [4.69, 9.17) is 19.9 Å². The zero-order valence-electron chi connectivity index (χ0n) is 21.3. The molecule has 33 heavy (non-hydrogen) atoms. The summed E-state index contributed by atoms with van der Waals surface area (Å²) >= 11 is 0. The van der Waals surface area contributed by atoms with Gasteiger partial charge in [-0.2, -0.15) is 8.42 Å². The molecule has 0 aliphatic rings. The van der Waals surface area contributed by atoms with Crippen molar-refractivity contribution < 1.29 is 32.5 Å². The molecule has 0 aromatic rings. The van der Waals surface area contributed by atoms with Gasteiger partial charge in [0.1, 0.15) is 0 Å². The fourth-order valence-electron chi connectivity index (χ4n) is 3.68. The van der Waals surface area contributed by atoms with Crippen molar-refractivity contribution in [2.75, 3.05) is 46.1 Å². The van der Waals surface area contributed by atoms with E-state index in [1.807, 2.05) is 0 Å². The lowest BCUT2D eigenvalue weighted by Gasteiger charge is -2.17. The Morgan fingerprint density at radius 3 is 1.36 bits per heavy atom. The Bertz CT molecular complexity index is 463. The maximum absolute atomic E-state index is 10.8. The molecule has 0 aliphatic heterocycles. The van der Waals surface area contributed by atoms with Gasteiger partial charge in [-0.05, 0) is 18.8 Å². The minimum atomic E-state index is -4.30. The average molecular weight is 500 g/mol. The van der Waals surface area contributed by atoms with Crippen LogP contribution in [0.5, 0.6) is 0 Å². The molecule has 0 saturated carbocycles. The van der Waals surface area contributed by atoms with Crippen LogP contribution in [0, 0.1) is 5.92 Å². The van der Waals surface area contributed by atoms with Crippen molar-refractivity contribution in [2.24, 2.45) is 5.92 Å². The summed E-state index contributed by atoms with van der Waals surface area (Å²) in [6.07, 6.45) is 16.9. The summed E-state index contributed by atoms with van der Waals surface area (Å²) in [7, 11) is -4.30. The molecule has 9 heteroatoms. The van der Waals surface area contributed by atoms with Gasteiger partial charge in [0, 0.05) is 19.6 Å². The molecule has 0 rings (SSSR count). The smallest absolute Gasteiger partial charge is 0.395 e. The fraction of sp³-hybridized carbons (Fsp3) is 1.00. The third-order valence-electron chi connectivity index (χ3n) is 5.63. The number of aliphatic hydroxyl groups is 3. The zero-order valence-corrected chi connectivity index (χ0v) is 22.1. The second-order valence-electron chi connectivity index (χ2n) is 8.70. The molecule has 0 bridgehead atoms. The van der Waals surface area contributed by atoms with Crippen molar-refractivity contribution in [1.29, 1.82) is 0 Å². The Hall–Kier alpha value is -0.290. The molecule has 4 N–H and O–H groups in total. The van der Waals surface area contributed by atoms with Crippen LogP contribution in [-0.4, -0.2) is 79.3 Å². The molecule has 1 unspecified atom stereocenters. The third-order valence-corrected chi connectivity index (χ3v) is 6.07. The van der Waals surface area contributed by atoms with Crippen molar-refractivity contribution in [2.45, 2.75) is 104 Å². The van der Waals surface area contributed by atoms with Crippen LogP contribution >= 0.6 is 0 Å². The highest BCUT2D eigenvalue weighted by Gasteiger charge is 2.13. The molecular formula is C24H53NO7S. The summed E-state index contributed by atoms with van der Waals surface area (Å²) in [6, 6.07) is 0. The molecule has 0 heterocycles. The first kappa shape index (κ1) is 34.9. The highest BCUT2D eigenvalue weighted by molar-refractivity contribution is 7.80. The third kappa shape index (κ3) is 29.7. The standard InChI is InChI=1S/C18H38O4S.C6H15NO3/c1-3-5-7-9-10-12-14-16-18(17-22-23(19,20)21)15-13-11-8-6-4-2;8-4-1-7(2-5-9)3-6-10/h18H,3-17H2,1-2H3,(H,19,20,21);8-10H,1-6H2. The van der Waals surface area contributed by atoms with Crippen LogP contribution in [0.2, 0.25) is 0 Å². The van der Waals surface area contributed by atoms with Gasteiger partial charge in [-0.15, -0.1) is 0 Å². The van der Waals surface area contributed by atoms with Crippen LogP contribution in [-0.2, 0) is 14.6 Å². The quantitative estimate of drug-likeness (QED) is 0.122. The normalized spacial score (nSPS) is 12.6. The molecule has 0 amide bonds. The number of rotatable bonds is 23. The van der Waals surface area contributed by atoms with Crippen molar-refractivity contribution in [3.8, 4) is 0 Å². The highest BCUT2D eigenvalue weighted by atomic mass is 32.3. The van der Waals surface area contributed by atoms with Crippen LogP contribution in [0.25, 0.3) is 0 Å². The van der Waals surface area contributed by atoms with Gasteiger partial charge < -0.3 is 15.3 Å². The first-order valence-corrected chi connectivity index (χ1v) is 14.4. The van der Waals surface area contributed by atoms with E-state index in [1.165, 1.54) is 64.2 Å². The highest BCUT2D eigenvalue weighted by Crippen LogP contribution is 2.20. The molecule has 8 nitrogen and oxygen atoms in total. The monoisotopic (exact) mass is 499 g/mol. The topological polar surface area (TPSA) is 128 Å². The van der Waals surface area contributed by atoms with E-state index in [0.717, 1.165) is 25.7 Å². The molecular weight excluding hydrogens is 446 g/mol. The number of nitrogens with zero attached hydrogens (tertiary/aromatic N) is 1. The second kappa shape index (κ2) is 26.3. The number of aliphatic hydroxyl groups excluding tert-OH is 3. The van der Waals surface area contributed by atoms with E-state index in [-0.39, 0.29) is 32.3 Å². The Morgan fingerprint density at radius 2 is 1.03 bits per heavy atom. The van der Waals surface area contributed by atoms with Gasteiger partial charge in [-0.25, -0.2) is 4.18 Å². The van der Waals surface area contributed by atoms with Gasteiger partial charge in [-0.1, -0.05) is 90.9 Å².